The average Bonchev–Trinajstić information content (AvgIpc) is 3.18. The fourth-order valence-corrected chi connectivity index (χ4v) is 4.96. The Morgan fingerprint density at radius 2 is 1.74 bits per heavy atom. The number of ether oxygens (including phenoxy) is 3. The second-order valence-corrected chi connectivity index (χ2v) is 8.50. The normalized spacial score (nSPS) is 24.4. The van der Waals surface area contributed by atoms with Gasteiger partial charge in [0.25, 0.3) is 0 Å². The highest BCUT2D eigenvalue weighted by molar-refractivity contribution is 5.58. The first-order chi connectivity index (χ1) is 15.2. The second kappa shape index (κ2) is 8.94. The molecule has 3 aliphatic heterocycles. The lowest BCUT2D eigenvalue weighted by Gasteiger charge is -2.40. The summed E-state index contributed by atoms with van der Waals surface area (Å²) >= 11 is 0. The minimum Gasteiger partial charge on any atom is -0.495 e. The number of methoxy groups -OCH3 is 1. The number of hydrogen-bond donors (Lipinski definition) is 1. The van der Waals surface area contributed by atoms with Crippen molar-refractivity contribution in [1.29, 1.82) is 0 Å². The molecule has 2 aromatic carbocycles. The van der Waals surface area contributed by atoms with E-state index in [-0.39, 0.29) is 12.1 Å². The van der Waals surface area contributed by atoms with E-state index < -0.39 is 0 Å². The Bertz CT molecular complexity index is 900. The minimum atomic E-state index is -0.324. The van der Waals surface area contributed by atoms with E-state index in [4.69, 9.17) is 14.2 Å². The van der Waals surface area contributed by atoms with E-state index in [1.807, 2.05) is 18.2 Å². The predicted molar refractivity (Wildman–Crippen MR) is 119 cm³/mol. The first-order valence-corrected chi connectivity index (χ1v) is 11.1. The van der Waals surface area contributed by atoms with Crippen LogP contribution >= 0.6 is 0 Å². The standard InChI is InChI=1S/C24H31N3O4/c1-29-22-5-3-2-4-19(22)26-8-10-27(11-9-26)20-16-25(17-21(20)28)15-18-6-7-23-24(14-18)31-13-12-30-23/h2-7,14,20-21,28H,8-13,15-17H2,1H3/t20-,21-/m0/s1. The van der Waals surface area contributed by atoms with Gasteiger partial charge in [0.1, 0.15) is 19.0 Å². The van der Waals surface area contributed by atoms with Crippen LogP contribution in [-0.2, 0) is 6.54 Å². The number of rotatable bonds is 5. The minimum absolute atomic E-state index is 0.178. The van der Waals surface area contributed by atoms with Crippen LogP contribution in [0.15, 0.2) is 42.5 Å². The molecule has 0 spiro atoms. The molecule has 0 saturated carbocycles. The number of fused-ring (bicyclic) bond motifs is 1. The Kier molecular flexibility index (Phi) is 5.89. The number of aliphatic hydroxyl groups excluding tert-OH is 1. The van der Waals surface area contributed by atoms with E-state index in [2.05, 4.69) is 39.0 Å². The highest BCUT2D eigenvalue weighted by Crippen LogP contribution is 2.32. The maximum absolute atomic E-state index is 10.8. The van der Waals surface area contributed by atoms with Gasteiger partial charge in [-0.05, 0) is 29.8 Å². The largest absolute Gasteiger partial charge is 0.495 e. The van der Waals surface area contributed by atoms with Gasteiger partial charge in [-0.2, -0.15) is 0 Å². The topological polar surface area (TPSA) is 57.6 Å². The van der Waals surface area contributed by atoms with Crippen molar-refractivity contribution in [3.63, 3.8) is 0 Å². The van der Waals surface area contributed by atoms with E-state index in [1.165, 1.54) is 5.56 Å². The van der Waals surface area contributed by atoms with Gasteiger partial charge in [0.15, 0.2) is 11.5 Å². The lowest BCUT2D eigenvalue weighted by atomic mass is 10.1. The van der Waals surface area contributed by atoms with Gasteiger partial charge in [-0.25, -0.2) is 0 Å². The Hall–Kier alpha value is -2.48. The van der Waals surface area contributed by atoms with Gasteiger partial charge >= 0.3 is 0 Å². The Morgan fingerprint density at radius 3 is 2.55 bits per heavy atom. The zero-order valence-electron chi connectivity index (χ0n) is 18.1. The summed E-state index contributed by atoms with van der Waals surface area (Å²) in [5, 5.41) is 10.8. The molecule has 7 nitrogen and oxygen atoms in total. The molecule has 2 atom stereocenters. The average molecular weight is 426 g/mol. The van der Waals surface area contributed by atoms with Crippen molar-refractivity contribution in [3.8, 4) is 17.2 Å². The van der Waals surface area contributed by atoms with Gasteiger partial charge in [-0.3, -0.25) is 9.80 Å². The summed E-state index contributed by atoms with van der Waals surface area (Å²) in [5.41, 5.74) is 2.34. The van der Waals surface area contributed by atoms with Crippen molar-refractivity contribution in [2.24, 2.45) is 0 Å². The van der Waals surface area contributed by atoms with Crippen molar-refractivity contribution in [2.75, 3.05) is 64.5 Å². The van der Waals surface area contributed by atoms with Gasteiger partial charge in [-0.15, -0.1) is 0 Å². The smallest absolute Gasteiger partial charge is 0.161 e. The second-order valence-electron chi connectivity index (χ2n) is 8.50. The zero-order valence-corrected chi connectivity index (χ0v) is 18.1. The number of para-hydroxylation sites is 2. The van der Waals surface area contributed by atoms with Crippen LogP contribution in [0.3, 0.4) is 0 Å². The Morgan fingerprint density at radius 1 is 0.968 bits per heavy atom. The zero-order chi connectivity index (χ0) is 21.2. The number of nitrogens with zero attached hydrogens (tertiary/aromatic N) is 3. The SMILES string of the molecule is COc1ccccc1N1CCN([C@H]2CN(Cc3ccc4c(c3)OCCO4)C[C@@H]2O)CC1. The monoisotopic (exact) mass is 425 g/mol. The first-order valence-electron chi connectivity index (χ1n) is 11.1. The molecular formula is C24H31N3O4. The molecule has 1 N–H and O–H groups in total. The van der Waals surface area contributed by atoms with Crippen LogP contribution in [0.2, 0.25) is 0 Å². The molecule has 2 saturated heterocycles. The molecule has 0 aromatic heterocycles. The highest BCUT2D eigenvalue weighted by Gasteiger charge is 2.37. The van der Waals surface area contributed by atoms with Crippen LogP contribution in [0.4, 0.5) is 5.69 Å². The summed E-state index contributed by atoms with van der Waals surface area (Å²) in [6.07, 6.45) is -0.324. The van der Waals surface area contributed by atoms with Crippen LogP contribution in [0.5, 0.6) is 17.2 Å². The molecule has 5 rings (SSSR count). The summed E-state index contributed by atoms with van der Waals surface area (Å²) in [7, 11) is 1.72. The van der Waals surface area contributed by atoms with Gasteiger partial charge in [0.05, 0.1) is 18.9 Å². The van der Waals surface area contributed by atoms with E-state index in [9.17, 15) is 5.11 Å². The third-order valence-corrected chi connectivity index (χ3v) is 6.56. The van der Waals surface area contributed by atoms with Crippen LogP contribution in [0.1, 0.15) is 5.56 Å². The maximum Gasteiger partial charge on any atom is 0.161 e. The number of anilines is 1. The molecule has 3 aliphatic rings. The maximum atomic E-state index is 10.8. The molecule has 0 unspecified atom stereocenters. The van der Waals surface area contributed by atoms with Gasteiger partial charge in [0.2, 0.25) is 0 Å². The first kappa shape index (κ1) is 20.4. The van der Waals surface area contributed by atoms with Crippen molar-refractivity contribution >= 4 is 5.69 Å². The van der Waals surface area contributed by atoms with Crippen LogP contribution in [-0.4, -0.2) is 86.6 Å². The molecule has 0 aliphatic carbocycles. The fourth-order valence-electron chi connectivity index (χ4n) is 4.96. The predicted octanol–water partition coefficient (Wildman–Crippen LogP) is 1.83. The van der Waals surface area contributed by atoms with E-state index in [0.29, 0.717) is 19.8 Å². The van der Waals surface area contributed by atoms with Crippen molar-refractivity contribution in [1.82, 2.24) is 9.80 Å². The van der Waals surface area contributed by atoms with E-state index >= 15 is 0 Å². The summed E-state index contributed by atoms with van der Waals surface area (Å²) in [5.74, 6) is 2.57. The molecule has 7 heteroatoms. The van der Waals surface area contributed by atoms with Crippen LogP contribution < -0.4 is 19.1 Å². The van der Waals surface area contributed by atoms with E-state index in [0.717, 1.165) is 62.2 Å². The third-order valence-electron chi connectivity index (χ3n) is 6.56. The summed E-state index contributed by atoms with van der Waals surface area (Å²) in [6.45, 7) is 7.35. The molecule has 0 amide bonds. The number of aliphatic hydroxyl groups is 1. The van der Waals surface area contributed by atoms with Crippen molar-refractivity contribution in [3.05, 3.63) is 48.0 Å². The number of piperazine rings is 1. The molecule has 3 heterocycles. The lowest BCUT2D eigenvalue weighted by molar-refractivity contribution is 0.0790. The molecule has 2 aromatic rings. The third kappa shape index (κ3) is 4.31. The Labute approximate surface area is 183 Å². The van der Waals surface area contributed by atoms with Crippen molar-refractivity contribution in [2.45, 2.75) is 18.7 Å². The number of β-amino-alcohol motifs (C(OH)–C–C–N with tert-alkyl or cyclic N) is 1. The van der Waals surface area contributed by atoms with Crippen molar-refractivity contribution < 1.29 is 19.3 Å². The fraction of sp³-hybridized carbons (Fsp3) is 0.500. The molecular weight excluding hydrogens is 394 g/mol. The quantitative estimate of drug-likeness (QED) is 0.784. The summed E-state index contributed by atoms with van der Waals surface area (Å²) in [4.78, 5) is 7.16. The molecule has 0 bridgehead atoms. The van der Waals surface area contributed by atoms with Gasteiger partial charge < -0.3 is 24.2 Å². The van der Waals surface area contributed by atoms with Gasteiger partial charge in [-0.1, -0.05) is 18.2 Å². The Balaban J connectivity index is 1.18. The number of likely N-dealkylation sites (tertiary alicyclic amines) is 1. The lowest BCUT2D eigenvalue weighted by Crippen LogP contribution is -2.53. The molecule has 0 radical (unpaired) electrons. The molecule has 2 fully saturated rings. The summed E-state index contributed by atoms with van der Waals surface area (Å²) in [6, 6.07) is 14.5. The molecule has 166 valence electrons. The number of benzene rings is 2. The highest BCUT2D eigenvalue weighted by atomic mass is 16.6. The van der Waals surface area contributed by atoms with Gasteiger partial charge in [0, 0.05) is 51.9 Å². The van der Waals surface area contributed by atoms with Crippen LogP contribution in [0, 0.1) is 0 Å². The van der Waals surface area contributed by atoms with E-state index in [1.54, 1.807) is 7.11 Å². The number of hydrogen-bond acceptors (Lipinski definition) is 7. The molecule has 31 heavy (non-hydrogen) atoms. The van der Waals surface area contributed by atoms with Crippen LogP contribution in [0.25, 0.3) is 0 Å². The summed E-state index contributed by atoms with van der Waals surface area (Å²) < 4.78 is 16.9.